The molecule has 2 aliphatic carbocycles. The van der Waals surface area contributed by atoms with Crippen molar-refractivity contribution in [3.63, 3.8) is 0 Å². The van der Waals surface area contributed by atoms with E-state index < -0.39 is 17.3 Å². The van der Waals surface area contributed by atoms with Gasteiger partial charge < -0.3 is 4.74 Å². The number of benzene rings is 1. The Bertz CT molecular complexity index is 716. The molecule has 1 nitrogen and oxygen atoms in total. The van der Waals surface area contributed by atoms with Gasteiger partial charge in [0.2, 0.25) is 5.82 Å². The first-order valence-corrected chi connectivity index (χ1v) is 12.9. The number of rotatable bonds is 11. The molecule has 0 radical (unpaired) electrons. The van der Waals surface area contributed by atoms with Crippen LogP contribution in [0.3, 0.4) is 0 Å². The van der Waals surface area contributed by atoms with Gasteiger partial charge in [0, 0.05) is 5.56 Å². The van der Waals surface area contributed by atoms with Gasteiger partial charge in [-0.2, -0.15) is 4.39 Å². The lowest BCUT2D eigenvalue weighted by atomic mass is 9.67. The van der Waals surface area contributed by atoms with E-state index in [9.17, 15) is 8.78 Å². The summed E-state index contributed by atoms with van der Waals surface area (Å²) in [5.74, 6) is -0.219. The van der Waals surface area contributed by atoms with Gasteiger partial charge in [-0.1, -0.05) is 45.1 Å². The highest BCUT2D eigenvalue weighted by molar-refractivity contribution is 5.34. The van der Waals surface area contributed by atoms with Crippen molar-refractivity contribution < 1.29 is 17.9 Å². The maximum Gasteiger partial charge on any atom is 0.201 e. The number of halogens is 3. The Kier molecular flexibility index (Phi) is 9.55. The minimum atomic E-state index is -1.77. The first kappa shape index (κ1) is 25.2. The van der Waals surface area contributed by atoms with Crippen LogP contribution < -0.4 is 4.74 Å². The average molecular weight is 451 g/mol. The summed E-state index contributed by atoms with van der Waals surface area (Å²) in [5, 5.41) is 0. The molecule has 32 heavy (non-hydrogen) atoms. The van der Waals surface area contributed by atoms with Crippen LogP contribution in [0.2, 0.25) is 0 Å². The third-order valence-corrected chi connectivity index (χ3v) is 7.89. The number of alkyl halides is 1. The summed E-state index contributed by atoms with van der Waals surface area (Å²) in [7, 11) is 0. The highest BCUT2D eigenvalue weighted by atomic mass is 19.2. The molecule has 0 spiro atoms. The van der Waals surface area contributed by atoms with Crippen molar-refractivity contribution >= 4 is 0 Å². The summed E-state index contributed by atoms with van der Waals surface area (Å²) in [4.78, 5) is 0. The van der Waals surface area contributed by atoms with Crippen molar-refractivity contribution in [3.8, 4) is 5.75 Å². The van der Waals surface area contributed by atoms with Gasteiger partial charge in [0.05, 0.1) is 6.61 Å². The Morgan fingerprint density at radius 3 is 2.22 bits per heavy atom. The van der Waals surface area contributed by atoms with Gasteiger partial charge in [-0.15, -0.1) is 6.58 Å². The van der Waals surface area contributed by atoms with Crippen LogP contribution in [0.4, 0.5) is 13.2 Å². The van der Waals surface area contributed by atoms with Crippen LogP contribution in [0.15, 0.2) is 24.8 Å². The van der Waals surface area contributed by atoms with Gasteiger partial charge in [-0.3, -0.25) is 0 Å². The third-order valence-electron chi connectivity index (χ3n) is 7.89. The van der Waals surface area contributed by atoms with Crippen LogP contribution in [0.25, 0.3) is 0 Å². The lowest BCUT2D eigenvalue weighted by Crippen LogP contribution is -2.32. The molecule has 3 rings (SSSR count). The molecule has 2 fully saturated rings. The summed E-state index contributed by atoms with van der Waals surface area (Å²) in [5.41, 5.74) is -1.90. The molecule has 0 saturated heterocycles. The summed E-state index contributed by atoms with van der Waals surface area (Å²) >= 11 is 0. The highest BCUT2D eigenvalue weighted by Gasteiger charge is 2.42. The van der Waals surface area contributed by atoms with Crippen molar-refractivity contribution in [3.05, 3.63) is 42.0 Å². The van der Waals surface area contributed by atoms with Crippen LogP contribution in [0.5, 0.6) is 5.75 Å². The Morgan fingerprint density at radius 1 is 0.906 bits per heavy atom. The van der Waals surface area contributed by atoms with Crippen molar-refractivity contribution in [1.82, 2.24) is 0 Å². The zero-order chi connectivity index (χ0) is 23.0. The molecule has 1 aromatic rings. The second-order valence-electron chi connectivity index (χ2n) is 10.3. The Labute approximate surface area is 192 Å². The van der Waals surface area contributed by atoms with Crippen LogP contribution in [0, 0.1) is 29.4 Å². The van der Waals surface area contributed by atoms with Gasteiger partial charge in [0.15, 0.2) is 11.6 Å². The minimum absolute atomic E-state index is 0.105. The van der Waals surface area contributed by atoms with Gasteiger partial charge in [-0.05, 0) is 87.7 Å². The predicted molar refractivity (Wildman–Crippen MR) is 126 cm³/mol. The number of unbranched alkanes of at least 4 members (excludes halogenated alkanes) is 5. The van der Waals surface area contributed by atoms with E-state index in [0.29, 0.717) is 18.4 Å². The molecular weight excluding hydrogens is 409 g/mol. The zero-order valence-electron chi connectivity index (χ0n) is 19.8. The number of allylic oxidation sites excluding steroid dienone is 1. The molecule has 0 aliphatic heterocycles. The second-order valence-corrected chi connectivity index (χ2v) is 10.3. The SMILES string of the molecule is C=CCCCCCCCOc1ccc(C2(F)CCC(C3CCC(C)CC3)CC2)c(F)c1F. The maximum absolute atomic E-state index is 15.7. The smallest absolute Gasteiger partial charge is 0.201 e. The van der Waals surface area contributed by atoms with Gasteiger partial charge in [-0.25, -0.2) is 8.78 Å². The Balaban J connectivity index is 1.49. The zero-order valence-corrected chi connectivity index (χ0v) is 19.8. The molecule has 0 amide bonds. The lowest BCUT2D eigenvalue weighted by Gasteiger charge is -2.40. The van der Waals surface area contributed by atoms with E-state index in [4.69, 9.17) is 4.74 Å². The highest BCUT2D eigenvalue weighted by Crippen LogP contribution is 2.48. The van der Waals surface area contributed by atoms with Crippen LogP contribution in [0.1, 0.15) is 102 Å². The van der Waals surface area contributed by atoms with E-state index in [1.807, 2.05) is 6.08 Å². The molecular formula is C28H41F3O. The Morgan fingerprint density at radius 2 is 1.53 bits per heavy atom. The fourth-order valence-electron chi connectivity index (χ4n) is 5.69. The first-order valence-electron chi connectivity index (χ1n) is 12.9. The van der Waals surface area contributed by atoms with E-state index in [1.54, 1.807) is 0 Å². The average Bonchev–Trinajstić information content (AvgIpc) is 2.79. The monoisotopic (exact) mass is 450 g/mol. The van der Waals surface area contributed by atoms with Crippen molar-refractivity contribution in [2.75, 3.05) is 6.61 Å². The molecule has 2 aliphatic rings. The fraction of sp³-hybridized carbons (Fsp3) is 0.714. The summed E-state index contributed by atoms with van der Waals surface area (Å²) in [6.07, 6.45) is 15.2. The number of hydrogen-bond donors (Lipinski definition) is 0. The number of ether oxygens (including phenoxy) is 1. The maximum atomic E-state index is 15.7. The lowest BCUT2D eigenvalue weighted by molar-refractivity contribution is 0.0498. The van der Waals surface area contributed by atoms with E-state index in [0.717, 1.165) is 57.3 Å². The van der Waals surface area contributed by atoms with Crippen molar-refractivity contribution in [2.24, 2.45) is 17.8 Å². The molecule has 1 aromatic carbocycles. The van der Waals surface area contributed by atoms with E-state index >= 15 is 4.39 Å². The molecule has 0 aromatic heterocycles. The quantitative estimate of drug-likeness (QED) is 0.241. The third kappa shape index (κ3) is 6.54. The van der Waals surface area contributed by atoms with Crippen LogP contribution in [-0.4, -0.2) is 6.61 Å². The van der Waals surface area contributed by atoms with E-state index in [2.05, 4.69) is 13.5 Å². The Hall–Kier alpha value is -1.45. The molecule has 180 valence electrons. The summed E-state index contributed by atoms with van der Waals surface area (Å²) in [6, 6.07) is 2.82. The van der Waals surface area contributed by atoms with Gasteiger partial charge in [0.1, 0.15) is 5.67 Å². The minimum Gasteiger partial charge on any atom is -0.490 e. The second kappa shape index (κ2) is 12.1. The first-order chi connectivity index (χ1) is 15.4. The van der Waals surface area contributed by atoms with E-state index in [1.165, 1.54) is 37.8 Å². The van der Waals surface area contributed by atoms with Crippen LogP contribution >= 0.6 is 0 Å². The summed E-state index contributed by atoms with van der Waals surface area (Å²) < 4.78 is 50.6. The standard InChI is InChI=1S/C28H41F3O/c1-3-4-5-6-7-8-9-20-32-25-15-14-24(26(29)27(25)30)28(31)18-16-23(17-19-28)22-12-10-21(2)11-13-22/h3,14-15,21-23H,1,4-13,16-20H2,2H3. The summed E-state index contributed by atoms with van der Waals surface area (Å²) in [6.45, 7) is 6.36. The van der Waals surface area contributed by atoms with Crippen molar-refractivity contribution in [1.29, 1.82) is 0 Å². The van der Waals surface area contributed by atoms with Crippen LogP contribution in [-0.2, 0) is 5.67 Å². The van der Waals surface area contributed by atoms with E-state index in [-0.39, 0.29) is 24.2 Å². The largest absolute Gasteiger partial charge is 0.490 e. The topological polar surface area (TPSA) is 9.23 Å². The molecule has 4 heteroatoms. The normalized spacial score (nSPS) is 28.4. The number of hydrogen-bond acceptors (Lipinski definition) is 1. The molecule has 0 atom stereocenters. The van der Waals surface area contributed by atoms with Gasteiger partial charge >= 0.3 is 0 Å². The fourth-order valence-corrected chi connectivity index (χ4v) is 5.69. The molecule has 0 unspecified atom stereocenters. The molecule has 0 N–H and O–H groups in total. The molecule has 0 bridgehead atoms. The predicted octanol–water partition coefficient (Wildman–Crippen LogP) is 9.05. The van der Waals surface area contributed by atoms with Gasteiger partial charge in [0.25, 0.3) is 0 Å². The molecule has 2 saturated carbocycles. The molecule has 0 heterocycles. The van der Waals surface area contributed by atoms with Crippen molar-refractivity contribution in [2.45, 2.75) is 102 Å².